The van der Waals surface area contributed by atoms with Crippen LogP contribution in [0.2, 0.25) is 0 Å². The zero-order chi connectivity index (χ0) is 22.8. The Morgan fingerprint density at radius 2 is 1.75 bits per heavy atom. The summed E-state index contributed by atoms with van der Waals surface area (Å²) >= 11 is 0. The smallest absolute Gasteiger partial charge is 0.238 e. The van der Waals surface area contributed by atoms with E-state index in [4.69, 9.17) is 9.47 Å². The first-order valence-corrected chi connectivity index (χ1v) is 11.0. The maximum atomic E-state index is 12.5. The molecule has 0 radical (unpaired) electrons. The molecule has 1 aliphatic rings. The van der Waals surface area contributed by atoms with E-state index in [1.54, 1.807) is 19.2 Å². The van der Waals surface area contributed by atoms with E-state index in [-0.39, 0.29) is 24.8 Å². The molecule has 2 aromatic carbocycles. The lowest BCUT2D eigenvalue weighted by Crippen LogP contribution is -2.36. The van der Waals surface area contributed by atoms with Gasteiger partial charge in [0.1, 0.15) is 5.75 Å². The van der Waals surface area contributed by atoms with Gasteiger partial charge in [-0.25, -0.2) is 0 Å². The van der Waals surface area contributed by atoms with Gasteiger partial charge in [0.15, 0.2) is 0 Å². The molecule has 0 bridgehead atoms. The quantitative estimate of drug-likeness (QED) is 0.591. The van der Waals surface area contributed by atoms with Crippen molar-refractivity contribution in [3.8, 4) is 5.75 Å². The second-order valence-electron chi connectivity index (χ2n) is 7.56. The van der Waals surface area contributed by atoms with Gasteiger partial charge in [0.25, 0.3) is 0 Å². The molecule has 172 valence electrons. The Bertz CT molecular complexity index is 882. The van der Waals surface area contributed by atoms with Crippen molar-refractivity contribution < 1.29 is 19.1 Å². The Hall–Kier alpha value is -3.10. The zero-order valence-corrected chi connectivity index (χ0v) is 18.8. The zero-order valence-electron chi connectivity index (χ0n) is 18.8. The van der Waals surface area contributed by atoms with Gasteiger partial charge in [-0.05, 0) is 42.9 Å². The molecule has 2 N–H and O–H groups in total. The summed E-state index contributed by atoms with van der Waals surface area (Å²) in [7, 11) is 1.57. The molecule has 0 aromatic heterocycles. The fraction of sp³-hybridized carbons (Fsp3) is 0.417. The minimum Gasteiger partial charge on any atom is -0.495 e. The Morgan fingerprint density at radius 3 is 2.44 bits per heavy atom. The number of hydrogen-bond acceptors (Lipinski definition) is 6. The van der Waals surface area contributed by atoms with Crippen LogP contribution in [-0.2, 0) is 14.3 Å². The fourth-order valence-electron chi connectivity index (χ4n) is 3.55. The highest BCUT2D eigenvalue weighted by Crippen LogP contribution is 2.23. The monoisotopic (exact) mass is 440 g/mol. The molecule has 1 fully saturated rings. The topological polar surface area (TPSA) is 83.1 Å². The number of morpholine rings is 1. The molecule has 2 amide bonds. The van der Waals surface area contributed by atoms with Crippen molar-refractivity contribution in [2.45, 2.75) is 13.3 Å². The van der Waals surface area contributed by atoms with Crippen molar-refractivity contribution >= 4 is 28.9 Å². The van der Waals surface area contributed by atoms with Crippen molar-refractivity contribution in [1.82, 2.24) is 4.90 Å². The van der Waals surface area contributed by atoms with Gasteiger partial charge in [-0.3, -0.25) is 14.5 Å². The van der Waals surface area contributed by atoms with Gasteiger partial charge in [-0.2, -0.15) is 0 Å². The van der Waals surface area contributed by atoms with Crippen molar-refractivity contribution in [1.29, 1.82) is 0 Å². The van der Waals surface area contributed by atoms with Gasteiger partial charge in [0.2, 0.25) is 11.8 Å². The van der Waals surface area contributed by atoms with Crippen LogP contribution in [0.25, 0.3) is 0 Å². The summed E-state index contributed by atoms with van der Waals surface area (Å²) in [5.74, 6) is 0.399. The molecule has 0 spiro atoms. The van der Waals surface area contributed by atoms with E-state index < -0.39 is 0 Å². The summed E-state index contributed by atoms with van der Waals surface area (Å²) < 4.78 is 10.6. The highest BCUT2D eigenvalue weighted by atomic mass is 16.5. The van der Waals surface area contributed by atoms with Gasteiger partial charge in [0.05, 0.1) is 32.6 Å². The molecule has 1 saturated heterocycles. The number of carbonyl (C=O) groups excluding carboxylic acids is 2. The largest absolute Gasteiger partial charge is 0.495 e. The van der Waals surface area contributed by atoms with Gasteiger partial charge in [-0.15, -0.1) is 0 Å². The fourth-order valence-corrected chi connectivity index (χ4v) is 3.55. The Kier molecular flexibility index (Phi) is 8.89. The summed E-state index contributed by atoms with van der Waals surface area (Å²) in [6.45, 7) is 6.59. The standard InChI is InChI=1S/C24H32N4O4/c1-3-27(13-12-23(29)26-21-6-4-5-7-22(21)31-2)18-24(30)25-19-8-10-20(11-9-19)28-14-16-32-17-15-28/h4-11H,3,12-18H2,1-2H3,(H,25,30)(H,26,29). The van der Waals surface area contributed by atoms with Gasteiger partial charge >= 0.3 is 0 Å². The molecule has 0 saturated carbocycles. The van der Waals surface area contributed by atoms with E-state index in [2.05, 4.69) is 15.5 Å². The van der Waals surface area contributed by atoms with E-state index >= 15 is 0 Å². The lowest BCUT2D eigenvalue weighted by molar-refractivity contribution is -0.119. The number of para-hydroxylation sites is 2. The second kappa shape index (κ2) is 12.1. The summed E-state index contributed by atoms with van der Waals surface area (Å²) in [6, 6.07) is 15.1. The van der Waals surface area contributed by atoms with Crippen LogP contribution in [0.1, 0.15) is 13.3 Å². The minimum atomic E-state index is -0.118. The van der Waals surface area contributed by atoms with Crippen molar-refractivity contribution in [3.05, 3.63) is 48.5 Å². The van der Waals surface area contributed by atoms with Crippen LogP contribution >= 0.6 is 0 Å². The SMILES string of the molecule is CCN(CCC(=O)Nc1ccccc1OC)CC(=O)Nc1ccc(N2CCOCC2)cc1. The molecular weight excluding hydrogens is 408 g/mol. The number of methoxy groups -OCH3 is 1. The summed E-state index contributed by atoms with van der Waals surface area (Å²) in [4.78, 5) is 29.0. The third-order valence-corrected chi connectivity index (χ3v) is 5.38. The first-order valence-electron chi connectivity index (χ1n) is 11.0. The maximum absolute atomic E-state index is 12.5. The van der Waals surface area contributed by atoms with Crippen molar-refractivity contribution in [3.63, 3.8) is 0 Å². The Labute approximate surface area is 189 Å². The minimum absolute atomic E-state index is 0.101. The van der Waals surface area contributed by atoms with Crippen LogP contribution in [0.5, 0.6) is 5.75 Å². The van der Waals surface area contributed by atoms with E-state index in [0.29, 0.717) is 24.5 Å². The van der Waals surface area contributed by atoms with Gasteiger partial charge < -0.3 is 25.0 Å². The van der Waals surface area contributed by atoms with Gasteiger partial charge in [0, 0.05) is 37.4 Å². The number of likely N-dealkylation sites (N-methyl/N-ethyl adjacent to an activating group) is 1. The average Bonchev–Trinajstić information content (AvgIpc) is 2.83. The van der Waals surface area contributed by atoms with Crippen LogP contribution in [0.4, 0.5) is 17.1 Å². The van der Waals surface area contributed by atoms with Crippen molar-refractivity contribution in [2.75, 3.05) is 68.6 Å². The van der Waals surface area contributed by atoms with Crippen LogP contribution < -0.4 is 20.3 Å². The molecule has 0 unspecified atom stereocenters. The average molecular weight is 441 g/mol. The van der Waals surface area contributed by atoms with Crippen molar-refractivity contribution in [2.24, 2.45) is 0 Å². The number of anilines is 3. The van der Waals surface area contributed by atoms with E-state index in [0.717, 1.165) is 37.7 Å². The molecular formula is C24H32N4O4. The molecule has 2 aromatic rings. The van der Waals surface area contributed by atoms with E-state index in [1.165, 1.54) is 0 Å². The van der Waals surface area contributed by atoms with Crippen LogP contribution in [0.15, 0.2) is 48.5 Å². The number of hydrogen-bond donors (Lipinski definition) is 2. The molecule has 8 heteroatoms. The number of carbonyl (C=O) groups is 2. The number of ether oxygens (including phenoxy) is 2. The van der Waals surface area contributed by atoms with Crippen LogP contribution in [0.3, 0.4) is 0 Å². The first-order chi connectivity index (χ1) is 15.6. The number of amides is 2. The van der Waals surface area contributed by atoms with E-state index in [9.17, 15) is 9.59 Å². The third kappa shape index (κ3) is 6.96. The molecule has 32 heavy (non-hydrogen) atoms. The highest BCUT2D eigenvalue weighted by Gasteiger charge is 2.14. The van der Waals surface area contributed by atoms with Crippen LogP contribution in [-0.4, -0.2) is 69.8 Å². The summed E-state index contributed by atoms with van der Waals surface area (Å²) in [5, 5.41) is 5.80. The lowest BCUT2D eigenvalue weighted by atomic mass is 10.2. The molecule has 0 aliphatic carbocycles. The second-order valence-corrected chi connectivity index (χ2v) is 7.56. The molecule has 3 rings (SSSR count). The summed E-state index contributed by atoms with van der Waals surface area (Å²) in [5.41, 5.74) is 2.53. The van der Waals surface area contributed by atoms with Gasteiger partial charge in [-0.1, -0.05) is 19.1 Å². The maximum Gasteiger partial charge on any atom is 0.238 e. The molecule has 1 heterocycles. The number of nitrogens with zero attached hydrogens (tertiary/aromatic N) is 2. The number of rotatable bonds is 10. The number of benzene rings is 2. The van der Waals surface area contributed by atoms with E-state index in [1.807, 2.05) is 48.2 Å². The molecule has 1 aliphatic heterocycles. The van der Waals surface area contributed by atoms with Crippen LogP contribution in [0, 0.1) is 0 Å². The Balaban J connectivity index is 1.44. The first kappa shape index (κ1) is 23.6. The highest BCUT2D eigenvalue weighted by molar-refractivity contribution is 5.93. The normalized spacial score (nSPS) is 13.7. The predicted molar refractivity (Wildman–Crippen MR) is 126 cm³/mol. The Morgan fingerprint density at radius 1 is 1.03 bits per heavy atom. The predicted octanol–water partition coefficient (Wildman–Crippen LogP) is 2.82. The number of nitrogens with one attached hydrogen (secondary N) is 2. The summed E-state index contributed by atoms with van der Waals surface area (Å²) in [6.07, 6.45) is 0.285. The lowest BCUT2D eigenvalue weighted by Gasteiger charge is -2.29. The third-order valence-electron chi connectivity index (χ3n) is 5.38. The molecule has 0 atom stereocenters. The molecule has 8 nitrogen and oxygen atoms in total.